The number of hydrogen-bond donors (Lipinski definition) is 2. The van der Waals surface area contributed by atoms with E-state index in [4.69, 9.17) is 0 Å². The molecule has 3 unspecified atom stereocenters. The number of amides is 1. The van der Waals surface area contributed by atoms with Crippen LogP contribution in [0.1, 0.15) is 52.9 Å². The molecular weight excluding hydrogens is 248 g/mol. The van der Waals surface area contributed by atoms with Crippen molar-refractivity contribution in [3.05, 3.63) is 0 Å². The van der Waals surface area contributed by atoms with Crippen LogP contribution in [0.25, 0.3) is 0 Å². The highest BCUT2D eigenvalue weighted by Gasteiger charge is 2.34. The molecule has 2 bridgehead atoms. The fourth-order valence-corrected chi connectivity index (χ4v) is 2.99. The van der Waals surface area contributed by atoms with Gasteiger partial charge in [0.05, 0.1) is 0 Å². The summed E-state index contributed by atoms with van der Waals surface area (Å²) in [6.45, 7) is 6.53. The van der Waals surface area contributed by atoms with Gasteiger partial charge in [-0.2, -0.15) is 0 Å². The third-order valence-corrected chi connectivity index (χ3v) is 4.48. The van der Waals surface area contributed by atoms with Gasteiger partial charge in [-0.3, -0.25) is 4.79 Å². The third kappa shape index (κ3) is 4.13. The fourth-order valence-electron chi connectivity index (χ4n) is 2.99. The maximum Gasteiger partial charge on any atom is 0.220 e. The molecule has 2 aliphatic heterocycles. The highest BCUT2D eigenvalue weighted by atomic mass is 35.5. The van der Waals surface area contributed by atoms with Gasteiger partial charge in [-0.05, 0) is 37.5 Å². The van der Waals surface area contributed by atoms with Crippen LogP contribution in [0.5, 0.6) is 0 Å². The molecule has 106 valence electrons. The van der Waals surface area contributed by atoms with Crippen LogP contribution < -0.4 is 10.6 Å². The Morgan fingerprint density at radius 1 is 1.22 bits per heavy atom. The van der Waals surface area contributed by atoms with E-state index in [0.29, 0.717) is 36.4 Å². The lowest BCUT2D eigenvalue weighted by Gasteiger charge is -2.30. The Bertz CT molecular complexity index is 271. The molecule has 3 nitrogen and oxygen atoms in total. The smallest absolute Gasteiger partial charge is 0.220 e. The van der Waals surface area contributed by atoms with Crippen molar-refractivity contribution in [3.8, 4) is 0 Å². The highest BCUT2D eigenvalue weighted by Crippen LogP contribution is 2.27. The van der Waals surface area contributed by atoms with E-state index in [1.54, 1.807) is 0 Å². The first-order valence-electron chi connectivity index (χ1n) is 7.10. The summed E-state index contributed by atoms with van der Waals surface area (Å²) in [6, 6.07) is 1.73. The Morgan fingerprint density at radius 2 is 1.78 bits per heavy atom. The molecule has 0 spiro atoms. The average molecular weight is 275 g/mol. The van der Waals surface area contributed by atoms with E-state index in [0.717, 1.165) is 12.8 Å². The van der Waals surface area contributed by atoms with Crippen molar-refractivity contribution in [1.82, 2.24) is 10.6 Å². The molecule has 3 atom stereocenters. The quantitative estimate of drug-likeness (QED) is 0.827. The van der Waals surface area contributed by atoms with Crippen LogP contribution in [-0.2, 0) is 4.79 Å². The minimum absolute atomic E-state index is 0. The van der Waals surface area contributed by atoms with Gasteiger partial charge in [-0.15, -0.1) is 12.4 Å². The van der Waals surface area contributed by atoms with Gasteiger partial charge >= 0.3 is 0 Å². The minimum Gasteiger partial charge on any atom is -0.353 e. The summed E-state index contributed by atoms with van der Waals surface area (Å²) in [5.74, 6) is 1.32. The van der Waals surface area contributed by atoms with Gasteiger partial charge in [0.25, 0.3) is 0 Å². The fraction of sp³-hybridized carbons (Fsp3) is 0.929. The first kappa shape index (κ1) is 15.8. The van der Waals surface area contributed by atoms with Crippen LogP contribution >= 0.6 is 12.4 Å². The lowest BCUT2D eigenvalue weighted by Crippen LogP contribution is -2.48. The van der Waals surface area contributed by atoms with Crippen molar-refractivity contribution in [3.63, 3.8) is 0 Å². The molecular formula is C14H27ClN2O. The lowest BCUT2D eigenvalue weighted by molar-refractivity contribution is -0.123. The Kier molecular flexibility index (Phi) is 5.93. The van der Waals surface area contributed by atoms with Gasteiger partial charge in [0.1, 0.15) is 0 Å². The first-order chi connectivity index (χ1) is 8.04. The number of rotatable bonds is 4. The number of carbonyl (C=O) groups is 1. The molecule has 0 radical (unpaired) electrons. The second kappa shape index (κ2) is 6.76. The second-order valence-electron chi connectivity index (χ2n) is 6.30. The molecule has 2 rings (SSSR count). The molecule has 2 heterocycles. The second-order valence-corrected chi connectivity index (χ2v) is 6.30. The number of piperidine rings is 1. The molecule has 1 amide bonds. The molecule has 2 fully saturated rings. The topological polar surface area (TPSA) is 41.1 Å². The molecule has 0 aromatic heterocycles. The summed E-state index contributed by atoms with van der Waals surface area (Å²) in [4.78, 5) is 11.9. The molecule has 0 aromatic rings. The van der Waals surface area contributed by atoms with Crippen molar-refractivity contribution in [2.45, 2.75) is 71.0 Å². The largest absolute Gasteiger partial charge is 0.353 e. The van der Waals surface area contributed by atoms with Crippen LogP contribution in [0.15, 0.2) is 0 Å². The first-order valence-corrected chi connectivity index (χ1v) is 7.10. The van der Waals surface area contributed by atoms with E-state index >= 15 is 0 Å². The number of fused-ring (bicyclic) bond motifs is 2. The van der Waals surface area contributed by atoms with Gasteiger partial charge in [0.2, 0.25) is 5.91 Å². The van der Waals surface area contributed by atoms with Gasteiger partial charge in [0.15, 0.2) is 0 Å². The highest BCUT2D eigenvalue weighted by molar-refractivity contribution is 5.85. The number of nitrogens with one attached hydrogen (secondary N) is 2. The molecule has 0 saturated carbocycles. The summed E-state index contributed by atoms with van der Waals surface area (Å²) in [6.07, 6.45) is 5.51. The summed E-state index contributed by atoms with van der Waals surface area (Å²) in [5, 5.41) is 6.83. The van der Waals surface area contributed by atoms with Crippen molar-refractivity contribution in [1.29, 1.82) is 0 Å². The molecule has 0 aromatic carbocycles. The van der Waals surface area contributed by atoms with E-state index in [1.165, 1.54) is 12.8 Å². The zero-order valence-corrected chi connectivity index (χ0v) is 12.6. The molecule has 2 saturated heterocycles. The summed E-state index contributed by atoms with van der Waals surface area (Å²) in [5.41, 5.74) is 0. The molecule has 0 aliphatic carbocycles. The zero-order chi connectivity index (χ0) is 12.4. The lowest BCUT2D eigenvalue weighted by atomic mass is 9.93. The molecule has 4 heteroatoms. The maximum atomic E-state index is 11.9. The van der Waals surface area contributed by atoms with Crippen LogP contribution in [-0.4, -0.2) is 24.0 Å². The van der Waals surface area contributed by atoms with E-state index in [-0.39, 0.29) is 18.3 Å². The van der Waals surface area contributed by atoms with E-state index < -0.39 is 0 Å². The SMILES string of the molecule is CC(C)C(C)CC(=O)NC1CC2CCC(C1)N2.Cl. The van der Waals surface area contributed by atoms with Crippen molar-refractivity contribution in [2.24, 2.45) is 11.8 Å². The minimum atomic E-state index is 0. The van der Waals surface area contributed by atoms with Gasteiger partial charge in [-0.25, -0.2) is 0 Å². The standard InChI is InChI=1S/C14H26N2O.ClH/c1-9(2)10(3)6-14(17)16-13-7-11-4-5-12(8-13)15-11;/h9-13,15H,4-8H2,1-3H3,(H,16,17);1H. The Balaban J connectivity index is 0.00000162. The summed E-state index contributed by atoms with van der Waals surface area (Å²) >= 11 is 0. The van der Waals surface area contributed by atoms with Gasteiger partial charge in [0, 0.05) is 24.5 Å². The van der Waals surface area contributed by atoms with Gasteiger partial charge in [-0.1, -0.05) is 20.8 Å². The molecule has 18 heavy (non-hydrogen) atoms. The van der Waals surface area contributed by atoms with Crippen molar-refractivity contribution < 1.29 is 4.79 Å². The van der Waals surface area contributed by atoms with Crippen LogP contribution in [0.4, 0.5) is 0 Å². The summed E-state index contributed by atoms with van der Waals surface area (Å²) in [7, 11) is 0. The maximum absolute atomic E-state index is 11.9. The van der Waals surface area contributed by atoms with Crippen molar-refractivity contribution in [2.75, 3.05) is 0 Å². The van der Waals surface area contributed by atoms with E-state index in [2.05, 4.69) is 31.4 Å². The Morgan fingerprint density at radius 3 is 2.28 bits per heavy atom. The monoisotopic (exact) mass is 274 g/mol. The Hall–Kier alpha value is -0.280. The van der Waals surface area contributed by atoms with Crippen LogP contribution in [0.2, 0.25) is 0 Å². The van der Waals surface area contributed by atoms with Crippen molar-refractivity contribution >= 4 is 18.3 Å². The Labute approximate surface area is 117 Å². The van der Waals surface area contributed by atoms with E-state index in [9.17, 15) is 4.79 Å². The number of hydrogen-bond acceptors (Lipinski definition) is 2. The molecule has 2 N–H and O–H groups in total. The van der Waals surface area contributed by atoms with Crippen LogP contribution in [0, 0.1) is 11.8 Å². The zero-order valence-electron chi connectivity index (χ0n) is 11.7. The predicted molar refractivity (Wildman–Crippen MR) is 77.0 cm³/mol. The van der Waals surface area contributed by atoms with Crippen LogP contribution in [0.3, 0.4) is 0 Å². The normalized spacial score (nSPS) is 31.9. The number of halogens is 1. The summed E-state index contributed by atoms with van der Waals surface area (Å²) < 4.78 is 0. The third-order valence-electron chi connectivity index (χ3n) is 4.48. The molecule has 2 aliphatic rings. The predicted octanol–water partition coefficient (Wildman–Crippen LogP) is 2.49. The number of carbonyl (C=O) groups excluding carboxylic acids is 1. The van der Waals surface area contributed by atoms with Gasteiger partial charge < -0.3 is 10.6 Å². The van der Waals surface area contributed by atoms with E-state index in [1.807, 2.05) is 0 Å². The average Bonchev–Trinajstić information content (AvgIpc) is 2.57.